The van der Waals surface area contributed by atoms with Gasteiger partial charge in [0.15, 0.2) is 0 Å². The summed E-state index contributed by atoms with van der Waals surface area (Å²) in [6.45, 7) is 1.05. The zero-order valence-electron chi connectivity index (χ0n) is 15.3. The molecule has 0 heterocycles. The molecule has 2 rings (SSSR count). The molecule has 2 aromatic rings. The fourth-order valence-electron chi connectivity index (χ4n) is 2.66. The van der Waals surface area contributed by atoms with Crippen LogP contribution in [0.25, 0.3) is 0 Å². The van der Waals surface area contributed by atoms with Crippen LogP contribution in [0.4, 0.5) is 0 Å². The van der Waals surface area contributed by atoms with Gasteiger partial charge in [0.25, 0.3) is 5.91 Å². The number of nitrogens with zero attached hydrogens (tertiary/aromatic N) is 1. The van der Waals surface area contributed by atoms with Gasteiger partial charge in [-0.05, 0) is 49.5 Å². The summed E-state index contributed by atoms with van der Waals surface area (Å²) < 4.78 is 10.4. The van der Waals surface area contributed by atoms with E-state index in [2.05, 4.69) is 10.2 Å². The molecule has 0 saturated heterocycles. The number of ether oxygens (including phenoxy) is 2. The van der Waals surface area contributed by atoms with Gasteiger partial charge in [0, 0.05) is 19.2 Å². The van der Waals surface area contributed by atoms with Crippen LogP contribution in [-0.4, -0.2) is 45.7 Å². The third kappa shape index (κ3) is 5.31. The van der Waals surface area contributed by atoms with Gasteiger partial charge in [-0.2, -0.15) is 0 Å². The zero-order chi connectivity index (χ0) is 18.2. The van der Waals surface area contributed by atoms with E-state index in [0.29, 0.717) is 18.7 Å². The van der Waals surface area contributed by atoms with Crippen LogP contribution >= 0.6 is 0 Å². The minimum atomic E-state index is -0.0845. The normalized spacial score (nSPS) is 12.0. The van der Waals surface area contributed by atoms with Crippen LogP contribution in [0.1, 0.15) is 27.5 Å². The van der Waals surface area contributed by atoms with Crippen molar-refractivity contribution in [3.8, 4) is 5.75 Å². The quantitative estimate of drug-likeness (QED) is 0.801. The lowest BCUT2D eigenvalue weighted by Gasteiger charge is -2.25. The monoisotopic (exact) mass is 342 g/mol. The molecule has 0 radical (unpaired) electrons. The number of methoxy groups -OCH3 is 2. The maximum absolute atomic E-state index is 12.4. The van der Waals surface area contributed by atoms with Crippen LogP contribution < -0.4 is 10.1 Å². The van der Waals surface area contributed by atoms with Gasteiger partial charge in [-0.1, -0.05) is 24.3 Å². The number of nitrogens with one attached hydrogen (secondary N) is 1. The minimum absolute atomic E-state index is 0.0619. The van der Waals surface area contributed by atoms with Gasteiger partial charge in [-0.3, -0.25) is 4.79 Å². The van der Waals surface area contributed by atoms with Crippen molar-refractivity contribution in [3.05, 3.63) is 65.2 Å². The fraction of sp³-hybridized carbons (Fsp3) is 0.350. The molecule has 0 aliphatic carbocycles. The first kappa shape index (κ1) is 19.0. The van der Waals surface area contributed by atoms with Crippen molar-refractivity contribution in [1.29, 1.82) is 0 Å². The van der Waals surface area contributed by atoms with E-state index in [9.17, 15) is 4.79 Å². The van der Waals surface area contributed by atoms with Gasteiger partial charge in [0.2, 0.25) is 0 Å². The SMILES string of the molecule is COCc1ccc(C(=O)NCC(c2cccc(OC)c2)N(C)C)cc1. The Hall–Kier alpha value is -2.37. The number of rotatable bonds is 8. The molecule has 0 aromatic heterocycles. The van der Waals surface area contributed by atoms with Gasteiger partial charge in [-0.15, -0.1) is 0 Å². The summed E-state index contributed by atoms with van der Waals surface area (Å²) >= 11 is 0. The molecular formula is C20H26N2O3. The molecule has 0 aliphatic rings. The van der Waals surface area contributed by atoms with E-state index in [4.69, 9.17) is 9.47 Å². The maximum Gasteiger partial charge on any atom is 0.251 e. The highest BCUT2D eigenvalue weighted by molar-refractivity contribution is 5.94. The molecule has 134 valence electrons. The number of likely N-dealkylation sites (N-methyl/N-ethyl adjacent to an activating group) is 1. The highest BCUT2D eigenvalue weighted by atomic mass is 16.5. The van der Waals surface area contributed by atoms with Crippen LogP contribution in [0.2, 0.25) is 0 Å². The third-order valence-corrected chi connectivity index (χ3v) is 4.09. The molecule has 5 heteroatoms. The number of hydrogen-bond acceptors (Lipinski definition) is 4. The molecule has 1 unspecified atom stereocenters. The number of carbonyl (C=O) groups is 1. The second kappa shape index (κ2) is 9.20. The molecule has 25 heavy (non-hydrogen) atoms. The Morgan fingerprint density at radius 2 is 1.84 bits per heavy atom. The average Bonchev–Trinajstić information content (AvgIpc) is 2.62. The summed E-state index contributed by atoms with van der Waals surface area (Å²) in [5.41, 5.74) is 2.78. The molecule has 1 atom stereocenters. The predicted molar refractivity (Wildman–Crippen MR) is 98.9 cm³/mol. The molecule has 0 spiro atoms. The largest absolute Gasteiger partial charge is 0.497 e. The molecule has 5 nitrogen and oxygen atoms in total. The van der Waals surface area contributed by atoms with Crippen molar-refractivity contribution in [1.82, 2.24) is 10.2 Å². The molecule has 0 saturated carbocycles. The lowest BCUT2D eigenvalue weighted by atomic mass is 10.1. The van der Waals surface area contributed by atoms with Crippen LogP contribution in [-0.2, 0) is 11.3 Å². The van der Waals surface area contributed by atoms with Crippen molar-refractivity contribution in [3.63, 3.8) is 0 Å². The lowest BCUT2D eigenvalue weighted by Crippen LogP contribution is -2.34. The molecule has 1 amide bonds. The molecule has 0 fully saturated rings. The smallest absolute Gasteiger partial charge is 0.251 e. The Labute approximate surface area is 149 Å². The predicted octanol–water partition coefficient (Wildman–Crippen LogP) is 2.87. The molecule has 2 aromatic carbocycles. The van der Waals surface area contributed by atoms with Crippen molar-refractivity contribution in [2.24, 2.45) is 0 Å². The highest BCUT2D eigenvalue weighted by Crippen LogP contribution is 2.22. The van der Waals surface area contributed by atoms with Gasteiger partial charge in [0.05, 0.1) is 19.8 Å². The van der Waals surface area contributed by atoms with E-state index < -0.39 is 0 Å². The van der Waals surface area contributed by atoms with E-state index in [1.807, 2.05) is 62.6 Å². The molecule has 0 aliphatic heterocycles. The van der Waals surface area contributed by atoms with E-state index in [-0.39, 0.29) is 11.9 Å². The summed E-state index contributed by atoms with van der Waals surface area (Å²) in [5.74, 6) is 0.725. The molecule has 0 bridgehead atoms. The van der Waals surface area contributed by atoms with Crippen LogP contribution in [0.5, 0.6) is 5.75 Å². The van der Waals surface area contributed by atoms with E-state index in [0.717, 1.165) is 16.9 Å². The average molecular weight is 342 g/mol. The maximum atomic E-state index is 12.4. The first-order valence-corrected chi connectivity index (χ1v) is 8.21. The Morgan fingerprint density at radius 3 is 2.44 bits per heavy atom. The van der Waals surface area contributed by atoms with Gasteiger partial charge >= 0.3 is 0 Å². The van der Waals surface area contributed by atoms with Crippen molar-refractivity contribution in [2.45, 2.75) is 12.6 Å². The number of hydrogen-bond donors (Lipinski definition) is 1. The third-order valence-electron chi connectivity index (χ3n) is 4.09. The Kier molecular flexibility index (Phi) is 6.98. The van der Waals surface area contributed by atoms with Gasteiger partial charge in [-0.25, -0.2) is 0 Å². The number of amides is 1. The van der Waals surface area contributed by atoms with E-state index in [1.165, 1.54) is 0 Å². The first-order valence-electron chi connectivity index (χ1n) is 8.21. The fourth-order valence-corrected chi connectivity index (χ4v) is 2.66. The van der Waals surface area contributed by atoms with E-state index in [1.54, 1.807) is 14.2 Å². The number of carbonyl (C=O) groups excluding carboxylic acids is 1. The standard InChI is InChI=1S/C20H26N2O3/c1-22(2)19(17-6-5-7-18(12-17)25-4)13-21-20(23)16-10-8-15(9-11-16)14-24-3/h5-12,19H,13-14H2,1-4H3,(H,21,23). The van der Waals surface area contributed by atoms with Crippen LogP contribution in [0.15, 0.2) is 48.5 Å². The van der Waals surface area contributed by atoms with Crippen molar-refractivity contribution >= 4 is 5.91 Å². The van der Waals surface area contributed by atoms with Gasteiger partial charge < -0.3 is 19.7 Å². The summed E-state index contributed by atoms with van der Waals surface area (Å²) in [4.78, 5) is 14.5. The van der Waals surface area contributed by atoms with Crippen LogP contribution in [0.3, 0.4) is 0 Å². The Balaban J connectivity index is 2.03. The van der Waals surface area contributed by atoms with Crippen LogP contribution in [0, 0.1) is 0 Å². The summed E-state index contributed by atoms with van der Waals surface area (Å²) in [6.07, 6.45) is 0. The molecular weight excluding hydrogens is 316 g/mol. The minimum Gasteiger partial charge on any atom is -0.497 e. The highest BCUT2D eigenvalue weighted by Gasteiger charge is 2.16. The first-order chi connectivity index (χ1) is 12.0. The Morgan fingerprint density at radius 1 is 1.12 bits per heavy atom. The Bertz CT molecular complexity index is 684. The molecule has 1 N–H and O–H groups in total. The second-order valence-electron chi connectivity index (χ2n) is 6.10. The summed E-state index contributed by atoms with van der Waals surface area (Å²) in [6, 6.07) is 15.4. The zero-order valence-corrected chi connectivity index (χ0v) is 15.3. The number of benzene rings is 2. The lowest BCUT2D eigenvalue weighted by molar-refractivity contribution is 0.0942. The topological polar surface area (TPSA) is 50.8 Å². The van der Waals surface area contributed by atoms with Crippen molar-refractivity contribution < 1.29 is 14.3 Å². The van der Waals surface area contributed by atoms with Crippen molar-refractivity contribution in [2.75, 3.05) is 34.9 Å². The van der Waals surface area contributed by atoms with Gasteiger partial charge in [0.1, 0.15) is 5.75 Å². The second-order valence-corrected chi connectivity index (χ2v) is 6.10. The summed E-state index contributed by atoms with van der Waals surface area (Å²) in [7, 11) is 7.30. The van der Waals surface area contributed by atoms with E-state index >= 15 is 0 Å². The summed E-state index contributed by atoms with van der Waals surface area (Å²) in [5, 5.41) is 3.02.